The number of fused-ring (bicyclic) bond motifs is 1. The van der Waals surface area contributed by atoms with Gasteiger partial charge in [-0.3, -0.25) is 4.79 Å². The van der Waals surface area contributed by atoms with Gasteiger partial charge in [-0.05, 0) is 44.1 Å². The fourth-order valence-corrected chi connectivity index (χ4v) is 5.56. The molecule has 3 atom stereocenters. The molecule has 2 aromatic heterocycles. The molecule has 7 nitrogen and oxygen atoms in total. The Kier molecular flexibility index (Phi) is 6.86. The Balaban J connectivity index is 1.55. The first-order valence-corrected chi connectivity index (χ1v) is 11.9. The number of ether oxygens (including phenoxy) is 1. The van der Waals surface area contributed by atoms with Crippen LogP contribution in [0.15, 0.2) is 16.1 Å². The number of carbonyl (C=O) groups excluding carboxylic acids is 2. The summed E-state index contributed by atoms with van der Waals surface area (Å²) >= 11 is 1.53. The second-order valence-electron chi connectivity index (χ2n) is 8.57. The van der Waals surface area contributed by atoms with Gasteiger partial charge in [-0.15, -0.1) is 11.3 Å². The molecule has 2 aromatic rings. The van der Waals surface area contributed by atoms with Gasteiger partial charge < -0.3 is 4.74 Å². The van der Waals surface area contributed by atoms with E-state index in [0.29, 0.717) is 17.9 Å². The van der Waals surface area contributed by atoms with Gasteiger partial charge in [0.25, 0.3) is 6.43 Å². The number of hydrogen-bond acceptors (Lipinski definition) is 7. The van der Waals surface area contributed by atoms with Gasteiger partial charge in [0.2, 0.25) is 0 Å². The number of thiophene rings is 1. The minimum Gasteiger partial charge on any atom is -0.462 e. The number of ketones is 1. The summed E-state index contributed by atoms with van der Waals surface area (Å²) in [6, 6.07) is 3.66. The lowest BCUT2D eigenvalue weighted by Crippen LogP contribution is -2.19. The van der Waals surface area contributed by atoms with Crippen molar-refractivity contribution in [3.05, 3.63) is 32.6 Å². The van der Waals surface area contributed by atoms with Crippen LogP contribution in [-0.2, 0) is 35.8 Å². The van der Waals surface area contributed by atoms with Crippen LogP contribution in [0.25, 0.3) is 0 Å². The Hall–Kier alpha value is -2.71. The maximum absolute atomic E-state index is 12.8. The van der Waals surface area contributed by atoms with Crippen molar-refractivity contribution in [3.8, 4) is 0 Å². The highest BCUT2D eigenvalue weighted by molar-refractivity contribution is 7.12. The number of esters is 1. The Morgan fingerprint density at radius 1 is 1.42 bits per heavy atom. The number of Topliss-reactive ketones (excluding diaryl/α,β-unsaturated/α-hetero) is 1. The number of aliphatic imine (C=N–C) groups is 2. The van der Waals surface area contributed by atoms with Gasteiger partial charge in [-0.2, -0.15) is 10.1 Å². The monoisotopic (exact) mass is 476 g/mol. The highest BCUT2D eigenvalue weighted by Gasteiger charge is 2.40. The third kappa shape index (κ3) is 5.12. The van der Waals surface area contributed by atoms with Crippen molar-refractivity contribution in [2.75, 3.05) is 6.61 Å². The highest BCUT2D eigenvalue weighted by Crippen LogP contribution is 2.41. The normalized spacial score (nSPS) is 21.3. The molecule has 1 fully saturated rings. The van der Waals surface area contributed by atoms with Crippen molar-refractivity contribution >= 4 is 34.9 Å². The number of alkyl halides is 2. The molecule has 33 heavy (non-hydrogen) atoms. The number of halogens is 2. The van der Waals surface area contributed by atoms with Crippen molar-refractivity contribution in [3.63, 3.8) is 0 Å². The van der Waals surface area contributed by atoms with Crippen LogP contribution in [0.2, 0.25) is 0 Å². The number of nitrogens with zero attached hydrogens (tertiary/aromatic N) is 4. The van der Waals surface area contributed by atoms with E-state index in [1.54, 1.807) is 6.92 Å². The quantitative estimate of drug-likeness (QED) is 0.407. The summed E-state index contributed by atoms with van der Waals surface area (Å²) in [5.74, 6) is 0.558. The SMILES string of the molecule is CCOC(=O)c1c(CC(=O)[C@H]2C[C@@H]2C)sc2c1C[C@@H](N=C=Nc1cc(C(F)F)nn1C)CC2. The van der Waals surface area contributed by atoms with Crippen LogP contribution in [0.5, 0.6) is 0 Å². The van der Waals surface area contributed by atoms with Crippen LogP contribution >= 0.6 is 11.3 Å². The van der Waals surface area contributed by atoms with Crippen molar-refractivity contribution in [1.29, 1.82) is 0 Å². The molecule has 4 rings (SSSR count). The lowest BCUT2D eigenvalue weighted by atomic mass is 9.90. The van der Waals surface area contributed by atoms with Gasteiger partial charge in [-0.25, -0.2) is 23.2 Å². The van der Waals surface area contributed by atoms with Crippen LogP contribution in [0, 0.1) is 11.8 Å². The molecule has 0 aliphatic heterocycles. The maximum atomic E-state index is 12.8. The van der Waals surface area contributed by atoms with Gasteiger partial charge in [0.05, 0.1) is 24.2 Å². The second-order valence-corrected chi connectivity index (χ2v) is 9.76. The van der Waals surface area contributed by atoms with E-state index in [2.05, 4.69) is 28.0 Å². The Labute approximate surface area is 194 Å². The minimum absolute atomic E-state index is 0.102. The fraction of sp³-hybridized carbons (Fsp3) is 0.565. The largest absolute Gasteiger partial charge is 0.462 e. The summed E-state index contributed by atoms with van der Waals surface area (Å²) in [4.78, 5) is 35.7. The van der Waals surface area contributed by atoms with Gasteiger partial charge in [-0.1, -0.05) is 6.92 Å². The fourth-order valence-electron chi connectivity index (χ4n) is 4.21. The average molecular weight is 477 g/mol. The molecule has 0 radical (unpaired) electrons. The van der Waals surface area contributed by atoms with Gasteiger partial charge >= 0.3 is 5.97 Å². The molecule has 2 aliphatic rings. The predicted molar refractivity (Wildman–Crippen MR) is 120 cm³/mol. The van der Waals surface area contributed by atoms with E-state index >= 15 is 0 Å². The zero-order chi connectivity index (χ0) is 23.7. The summed E-state index contributed by atoms with van der Waals surface area (Å²) in [6.45, 7) is 4.09. The second kappa shape index (κ2) is 9.65. The number of rotatable bonds is 8. The predicted octanol–water partition coefficient (Wildman–Crippen LogP) is 4.73. The standard InChI is InChI=1S/C23H26F2N4O3S/c1-4-32-23(31)21-15-8-13(26-11-27-20-9-16(22(24)25)28-29(20)3)5-6-18(15)33-19(21)10-17(30)14-7-12(14)2/h9,12-14,22H,4-8,10H2,1-3H3/t12-,13-,14-/m0/s1. The molecule has 0 unspecified atom stereocenters. The van der Waals surface area contributed by atoms with E-state index in [-0.39, 0.29) is 42.3 Å². The van der Waals surface area contributed by atoms with Crippen LogP contribution in [-0.4, -0.2) is 40.2 Å². The number of aromatic nitrogens is 2. The van der Waals surface area contributed by atoms with Crippen molar-refractivity contribution in [1.82, 2.24) is 9.78 Å². The van der Waals surface area contributed by atoms with E-state index in [4.69, 9.17) is 4.74 Å². The van der Waals surface area contributed by atoms with E-state index in [0.717, 1.165) is 34.6 Å². The molecule has 2 heterocycles. The zero-order valence-corrected chi connectivity index (χ0v) is 19.6. The topological polar surface area (TPSA) is 85.9 Å². The van der Waals surface area contributed by atoms with Crippen molar-refractivity contribution in [2.45, 2.75) is 58.4 Å². The molecule has 0 N–H and O–H groups in total. The van der Waals surface area contributed by atoms with E-state index in [1.165, 1.54) is 29.1 Å². The molecular formula is C23H26F2N4O3S. The Bertz CT molecular complexity index is 1130. The molecule has 1 saturated carbocycles. The molecule has 0 amide bonds. The highest BCUT2D eigenvalue weighted by atomic mass is 32.1. The van der Waals surface area contributed by atoms with Crippen molar-refractivity contribution in [2.24, 2.45) is 28.9 Å². The number of carbonyl (C=O) groups is 2. The lowest BCUT2D eigenvalue weighted by molar-refractivity contribution is -0.119. The molecule has 0 aromatic carbocycles. The first-order chi connectivity index (χ1) is 15.8. The first-order valence-electron chi connectivity index (χ1n) is 11.1. The first kappa shape index (κ1) is 23.4. The molecule has 2 aliphatic carbocycles. The lowest BCUT2D eigenvalue weighted by Gasteiger charge is -2.18. The minimum atomic E-state index is -2.67. The summed E-state index contributed by atoms with van der Waals surface area (Å²) in [7, 11) is 1.53. The third-order valence-corrected chi connectivity index (χ3v) is 7.44. The van der Waals surface area contributed by atoms with Crippen LogP contribution in [0.1, 0.15) is 64.5 Å². The van der Waals surface area contributed by atoms with Crippen LogP contribution < -0.4 is 0 Å². The molecule has 0 saturated heterocycles. The molecular weight excluding hydrogens is 450 g/mol. The third-order valence-electron chi connectivity index (χ3n) is 6.15. The van der Waals surface area contributed by atoms with Gasteiger partial charge in [0, 0.05) is 35.2 Å². The van der Waals surface area contributed by atoms with E-state index in [1.807, 2.05) is 0 Å². The molecule has 176 valence electrons. The molecule has 0 spiro atoms. The van der Waals surface area contributed by atoms with Gasteiger partial charge in [0.1, 0.15) is 11.5 Å². The number of aryl methyl sites for hydroxylation is 2. The summed E-state index contributed by atoms with van der Waals surface area (Å²) < 4.78 is 32.2. The maximum Gasteiger partial charge on any atom is 0.339 e. The number of hydrogen-bond donors (Lipinski definition) is 0. The Morgan fingerprint density at radius 2 is 2.18 bits per heavy atom. The summed E-state index contributed by atoms with van der Waals surface area (Å²) in [5.41, 5.74) is 1.07. The Morgan fingerprint density at radius 3 is 2.82 bits per heavy atom. The zero-order valence-electron chi connectivity index (χ0n) is 18.8. The van der Waals surface area contributed by atoms with Gasteiger partial charge in [0.15, 0.2) is 5.82 Å². The van der Waals surface area contributed by atoms with Crippen LogP contribution in [0.3, 0.4) is 0 Å². The van der Waals surface area contributed by atoms with E-state index < -0.39 is 12.4 Å². The van der Waals surface area contributed by atoms with Crippen molar-refractivity contribution < 1.29 is 23.1 Å². The molecule has 10 heteroatoms. The smallest absolute Gasteiger partial charge is 0.339 e. The summed E-state index contributed by atoms with van der Waals surface area (Å²) in [5, 5.41) is 3.72. The van der Waals surface area contributed by atoms with E-state index in [9.17, 15) is 18.4 Å². The summed E-state index contributed by atoms with van der Waals surface area (Å²) in [6.07, 6.45) is 0.520. The average Bonchev–Trinajstić information content (AvgIpc) is 3.22. The van der Waals surface area contributed by atoms with Crippen LogP contribution in [0.4, 0.5) is 14.6 Å². The molecule has 0 bridgehead atoms.